The summed E-state index contributed by atoms with van der Waals surface area (Å²) in [6.45, 7) is 2.94. The molecule has 3 aromatic rings. The number of carbonyl (C=O) groups is 1. The van der Waals surface area contributed by atoms with Crippen molar-refractivity contribution in [1.82, 2.24) is 19.8 Å². The van der Waals surface area contributed by atoms with Gasteiger partial charge < -0.3 is 10.2 Å². The standard InChI is InChI=1S/C26H31N5O/c1-27-24-16-23(22-15-26(32)31(18-22)17-21-11-7-4-8-12-21)28-25(29-24)19-30(2)14-13-20-9-5-3-6-10-20/h3-12,16,22H,13-15,17-19H2,1-2H3,(H,27,28,29)/t22-/m1/s1. The van der Waals surface area contributed by atoms with Crippen molar-refractivity contribution in [2.45, 2.75) is 31.8 Å². The van der Waals surface area contributed by atoms with E-state index < -0.39 is 0 Å². The highest BCUT2D eigenvalue weighted by atomic mass is 16.2. The number of rotatable bonds is 9. The SMILES string of the molecule is CNc1cc([C@@H]2CC(=O)N(Cc3ccccc3)C2)nc(CN(C)CCc2ccccc2)n1. The summed E-state index contributed by atoms with van der Waals surface area (Å²) in [5, 5.41) is 3.16. The van der Waals surface area contributed by atoms with E-state index in [9.17, 15) is 4.79 Å². The number of nitrogens with one attached hydrogen (secondary N) is 1. The zero-order valence-corrected chi connectivity index (χ0v) is 18.9. The molecule has 1 atom stereocenters. The van der Waals surface area contributed by atoms with Gasteiger partial charge >= 0.3 is 0 Å². The molecule has 166 valence electrons. The molecule has 1 amide bonds. The van der Waals surface area contributed by atoms with Gasteiger partial charge in [0, 0.05) is 45.1 Å². The zero-order chi connectivity index (χ0) is 22.3. The van der Waals surface area contributed by atoms with Crippen LogP contribution in [0.25, 0.3) is 0 Å². The van der Waals surface area contributed by atoms with Crippen LogP contribution < -0.4 is 5.32 Å². The van der Waals surface area contributed by atoms with Crippen LogP contribution in [0.15, 0.2) is 66.7 Å². The largest absolute Gasteiger partial charge is 0.373 e. The molecule has 0 aliphatic carbocycles. The molecule has 2 heterocycles. The molecule has 0 saturated carbocycles. The van der Waals surface area contributed by atoms with Crippen LogP contribution in [-0.2, 0) is 24.3 Å². The lowest BCUT2D eigenvalue weighted by molar-refractivity contribution is -0.128. The molecule has 0 radical (unpaired) electrons. The van der Waals surface area contributed by atoms with Crippen molar-refractivity contribution >= 4 is 11.7 Å². The van der Waals surface area contributed by atoms with Gasteiger partial charge in [-0.1, -0.05) is 60.7 Å². The number of amides is 1. The summed E-state index contributed by atoms with van der Waals surface area (Å²) in [4.78, 5) is 26.4. The molecule has 1 aliphatic heterocycles. The topological polar surface area (TPSA) is 61.4 Å². The predicted octanol–water partition coefficient (Wildman–Crippen LogP) is 3.71. The second-order valence-corrected chi connectivity index (χ2v) is 8.48. The lowest BCUT2D eigenvalue weighted by atomic mass is 10.0. The van der Waals surface area contributed by atoms with Gasteiger partial charge in [-0.3, -0.25) is 9.69 Å². The minimum absolute atomic E-state index is 0.0923. The number of aromatic nitrogens is 2. The minimum Gasteiger partial charge on any atom is -0.373 e. The van der Waals surface area contributed by atoms with Crippen LogP contribution in [0.5, 0.6) is 0 Å². The van der Waals surface area contributed by atoms with Crippen LogP contribution in [0.4, 0.5) is 5.82 Å². The van der Waals surface area contributed by atoms with Gasteiger partial charge in [0.2, 0.25) is 5.91 Å². The summed E-state index contributed by atoms with van der Waals surface area (Å²) in [5.41, 5.74) is 3.42. The lowest BCUT2D eigenvalue weighted by Gasteiger charge is -2.19. The lowest BCUT2D eigenvalue weighted by Crippen LogP contribution is -2.24. The number of likely N-dealkylation sites (N-methyl/N-ethyl adjacent to an activating group) is 1. The molecule has 6 heteroatoms. The van der Waals surface area contributed by atoms with E-state index in [2.05, 4.69) is 58.6 Å². The second kappa shape index (κ2) is 10.4. The Hall–Kier alpha value is -3.25. The van der Waals surface area contributed by atoms with Crippen molar-refractivity contribution in [3.8, 4) is 0 Å². The van der Waals surface area contributed by atoms with Crippen LogP contribution in [0.1, 0.15) is 35.0 Å². The summed E-state index contributed by atoms with van der Waals surface area (Å²) < 4.78 is 0. The number of anilines is 1. The predicted molar refractivity (Wildman–Crippen MR) is 127 cm³/mol. The molecule has 4 rings (SSSR count). The number of hydrogen-bond acceptors (Lipinski definition) is 5. The molecule has 1 aliphatic rings. The molecular formula is C26H31N5O. The molecule has 6 nitrogen and oxygen atoms in total. The molecule has 1 N–H and O–H groups in total. The quantitative estimate of drug-likeness (QED) is 0.562. The zero-order valence-electron chi connectivity index (χ0n) is 18.9. The number of benzene rings is 2. The Morgan fingerprint density at radius 3 is 2.41 bits per heavy atom. The first kappa shape index (κ1) is 22.0. The van der Waals surface area contributed by atoms with Gasteiger partial charge in [-0.25, -0.2) is 9.97 Å². The molecule has 0 spiro atoms. The molecule has 0 bridgehead atoms. The maximum absolute atomic E-state index is 12.7. The molecule has 32 heavy (non-hydrogen) atoms. The van der Waals surface area contributed by atoms with Gasteiger partial charge in [-0.2, -0.15) is 0 Å². The van der Waals surface area contributed by atoms with Gasteiger partial charge in [-0.15, -0.1) is 0 Å². The van der Waals surface area contributed by atoms with E-state index in [1.165, 1.54) is 5.56 Å². The summed E-state index contributed by atoms with van der Waals surface area (Å²) in [6.07, 6.45) is 1.48. The van der Waals surface area contributed by atoms with Gasteiger partial charge in [0.1, 0.15) is 11.6 Å². The fourth-order valence-electron chi connectivity index (χ4n) is 4.14. The Labute approximate surface area is 190 Å². The molecule has 1 aromatic heterocycles. The fraction of sp³-hybridized carbons (Fsp3) is 0.346. The van der Waals surface area contributed by atoms with Crippen molar-refractivity contribution in [1.29, 1.82) is 0 Å². The van der Waals surface area contributed by atoms with Crippen molar-refractivity contribution in [3.63, 3.8) is 0 Å². The fourth-order valence-corrected chi connectivity index (χ4v) is 4.14. The van der Waals surface area contributed by atoms with Crippen LogP contribution in [-0.4, -0.2) is 52.9 Å². The first-order chi connectivity index (χ1) is 15.6. The molecule has 0 unspecified atom stereocenters. The van der Waals surface area contributed by atoms with Crippen molar-refractivity contribution in [2.24, 2.45) is 0 Å². The van der Waals surface area contributed by atoms with Crippen molar-refractivity contribution in [3.05, 3.63) is 89.4 Å². The first-order valence-corrected chi connectivity index (χ1v) is 11.2. The van der Waals surface area contributed by atoms with E-state index in [1.54, 1.807) is 0 Å². The second-order valence-electron chi connectivity index (χ2n) is 8.48. The molecule has 1 saturated heterocycles. The first-order valence-electron chi connectivity index (χ1n) is 11.2. The van der Waals surface area contributed by atoms with E-state index >= 15 is 0 Å². The Bertz CT molecular complexity index is 1020. The van der Waals surface area contributed by atoms with Crippen LogP contribution in [0.2, 0.25) is 0 Å². The minimum atomic E-state index is 0.0923. The van der Waals surface area contributed by atoms with E-state index in [4.69, 9.17) is 4.98 Å². The van der Waals surface area contributed by atoms with E-state index in [0.29, 0.717) is 26.1 Å². The average Bonchev–Trinajstić information content (AvgIpc) is 3.19. The molecular weight excluding hydrogens is 398 g/mol. The summed E-state index contributed by atoms with van der Waals surface area (Å²) in [5.74, 6) is 1.87. The number of carbonyl (C=O) groups excluding carboxylic acids is 1. The third-order valence-electron chi connectivity index (χ3n) is 5.93. The number of hydrogen-bond donors (Lipinski definition) is 1. The Kier molecular flexibility index (Phi) is 7.12. The summed E-state index contributed by atoms with van der Waals surface area (Å²) >= 11 is 0. The highest BCUT2D eigenvalue weighted by Gasteiger charge is 2.32. The average molecular weight is 430 g/mol. The monoisotopic (exact) mass is 429 g/mol. The van der Waals surface area contributed by atoms with Crippen LogP contribution in [0.3, 0.4) is 0 Å². The van der Waals surface area contributed by atoms with Crippen LogP contribution >= 0.6 is 0 Å². The Morgan fingerprint density at radius 1 is 1.03 bits per heavy atom. The third kappa shape index (κ3) is 5.71. The van der Waals surface area contributed by atoms with E-state index in [1.807, 2.05) is 42.3 Å². The summed E-state index contributed by atoms with van der Waals surface area (Å²) in [6, 6.07) is 22.6. The third-order valence-corrected chi connectivity index (χ3v) is 5.93. The van der Waals surface area contributed by atoms with Gasteiger partial charge in [0.05, 0.1) is 12.2 Å². The number of likely N-dealkylation sites (tertiary alicyclic amines) is 1. The summed E-state index contributed by atoms with van der Waals surface area (Å²) in [7, 11) is 3.97. The maximum Gasteiger partial charge on any atom is 0.223 e. The number of nitrogens with zero attached hydrogens (tertiary/aromatic N) is 4. The van der Waals surface area contributed by atoms with Gasteiger partial charge in [-0.05, 0) is 24.6 Å². The normalized spacial score (nSPS) is 16.0. The smallest absolute Gasteiger partial charge is 0.223 e. The maximum atomic E-state index is 12.7. The van der Waals surface area contributed by atoms with Crippen LogP contribution in [0, 0.1) is 0 Å². The highest BCUT2D eigenvalue weighted by Crippen LogP contribution is 2.29. The molecule has 2 aromatic carbocycles. The Morgan fingerprint density at radius 2 is 1.72 bits per heavy atom. The Balaban J connectivity index is 1.42. The van der Waals surface area contributed by atoms with Gasteiger partial charge in [0.25, 0.3) is 0 Å². The van der Waals surface area contributed by atoms with E-state index in [0.717, 1.165) is 35.9 Å². The van der Waals surface area contributed by atoms with Gasteiger partial charge in [0.15, 0.2) is 0 Å². The molecule has 1 fully saturated rings. The highest BCUT2D eigenvalue weighted by molar-refractivity contribution is 5.79. The van der Waals surface area contributed by atoms with Crippen molar-refractivity contribution in [2.75, 3.05) is 32.5 Å². The van der Waals surface area contributed by atoms with Crippen molar-refractivity contribution < 1.29 is 4.79 Å². The van der Waals surface area contributed by atoms with E-state index in [-0.39, 0.29) is 11.8 Å².